The number of aliphatic carboxylic acids is 1. The summed E-state index contributed by atoms with van der Waals surface area (Å²) in [5, 5.41) is 12.8. The number of carboxylic acid groups (broad SMARTS) is 1. The van der Waals surface area contributed by atoms with Gasteiger partial charge in [0, 0.05) is 6.92 Å². The molecule has 96 valence electrons. The van der Waals surface area contributed by atoms with Gasteiger partial charge in [0.2, 0.25) is 5.91 Å². The largest absolute Gasteiger partial charge is 0.480 e. The predicted molar refractivity (Wildman–Crippen MR) is 60.7 cm³/mol. The van der Waals surface area contributed by atoms with E-state index < -0.39 is 30.1 Å². The van der Waals surface area contributed by atoms with Gasteiger partial charge in [0.15, 0.2) is 0 Å². The second-order valence-corrected chi connectivity index (χ2v) is 3.45. The summed E-state index contributed by atoms with van der Waals surface area (Å²) in [6, 6.07) is 3.19. The van der Waals surface area contributed by atoms with Crippen LogP contribution in [0.25, 0.3) is 0 Å². The lowest BCUT2D eigenvalue weighted by Crippen LogP contribution is -2.30. The van der Waals surface area contributed by atoms with Crippen molar-refractivity contribution >= 4 is 23.5 Å². The highest BCUT2D eigenvalue weighted by Crippen LogP contribution is 2.17. The molecule has 7 heteroatoms. The number of carboxylic acids is 1. The third-order valence-electron chi connectivity index (χ3n) is 1.94. The van der Waals surface area contributed by atoms with E-state index in [4.69, 9.17) is 5.11 Å². The molecule has 0 heterocycles. The maximum atomic E-state index is 13.0. The SMILES string of the molecule is CC(=O)Nc1cc([18F])ccc1C(=O)NCC(=O)O. The summed E-state index contributed by atoms with van der Waals surface area (Å²) in [6.45, 7) is 0.652. The van der Waals surface area contributed by atoms with Crippen molar-refractivity contribution in [1.82, 2.24) is 5.32 Å². The van der Waals surface area contributed by atoms with Crippen LogP contribution in [0.1, 0.15) is 17.3 Å². The molecular formula is C11H11FN2O4. The number of anilines is 1. The Morgan fingerprint density at radius 2 is 2.00 bits per heavy atom. The van der Waals surface area contributed by atoms with Gasteiger partial charge in [0.25, 0.3) is 5.91 Å². The Morgan fingerprint density at radius 3 is 2.56 bits per heavy atom. The standard InChI is InChI=1S/C11H11FN2O4/c1-6(15)14-9-4-7(12)2-3-8(9)11(18)13-5-10(16)17/h2-4H,5H2,1H3,(H,13,18)(H,14,15)(H,16,17)/i12-1. The minimum absolute atomic E-state index is 0.00662. The molecule has 0 radical (unpaired) electrons. The first kappa shape index (κ1) is 13.6. The van der Waals surface area contributed by atoms with E-state index in [-0.39, 0.29) is 11.3 Å². The first-order valence-electron chi connectivity index (χ1n) is 4.97. The number of carbonyl (C=O) groups is 3. The molecule has 18 heavy (non-hydrogen) atoms. The number of benzene rings is 1. The molecule has 0 aliphatic carbocycles. The molecular weight excluding hydrogens is 242 g/mol. The Kier molecular flexibility index (Phi) is 4.36. The number of hydrogen-bond donors (Lipinski definition) is 3. The summed E-state index contributed by atoms with van der Waals surface area (Å²) < 4.78 is 13.0. The number of rotatable bonds is 4. The molecule has 0 saturated heterocycles. The van der Waals surface area contributed by atoms with E-state index >= 15 is 0 Å². The van der Waals surface area contributed by atoms with Gasteiger partial charge < -0.3 is 15.7 Å². The Balaban J connectivity index is 2.95. The second kappa shape index (κ2) is 5.76. The van der Waals surface area contributed by atoms with Gasteiger partial charge in [0.1, 0.15) is 12.4 Å². The van der Waals surface area contributed by atoms with Crippen LogP contribution in [0.4, 0.5) is 10.1 Å². The van der Waals surface area contributed by atoms with Gasteiger partial charge >= 0.3 is 5.97 Å². The van der Waals surface area contributed by atoms with Crippen LogP contribution < -0.4 is 10.6 Å². The van der Waals surface area contributed by atoms with Crippen LogP contribution >= 0.6 is 0 Å². The van der Waals surface area contributed by atoms with Crippen molar-refractivity contribution in [1.29, 1.82) is 0 Å². The highest BCUT2D eigenvalue weighted by Gasteiger charge is 2.13. The van der Waals surface area contributed by atoms with E-state index in [0.29, 0.717) is 0 Å². The van der Waals surface area contributed by atoms with Crippen LogP contribution in [-0.4, -0.2) is 29.4 Å². The summed E-state index contributed by atoms with van der Waals surface area (Å²) in [5.74, 6) is -2.99. The quantitative estimate of drug-likeness (QED) is 0.732. The predicted octanol–water partition coefficient (Wildman–Crippen LogP) is 0.598. The summed E-state index contributed by atoms with van der Waals surface area (Å²) in [6.07, 6.45) is 0. The Labute approximate surface area is 102 Å². The summed E-state index contributed by atoms with van der Waals surface area (Å²) in [5.41, 5.74) is -0.0155. The zero-order valence-electron chi connectivity index (χ0n) is 9.49. The van der Waals surface area contributed by atoms with Gasteiger partial charge in [-0.05, 0) is 18.2 Å². The van der Waals surface area contributed by atoms with Crippen LogP contribution in [0.2, 0.25) is 0 Å². The molecule has 1 aromatic rings. The van der Waals surface area contributed by atoms with E-state index in [1.165, 1.54) is 6.92 Å². The Hall–Kier alpha value is -2.44. The molecule has 0 fully saturated rings. The van der Waals surface area contributed by atoms with Crippen LogP contribution in [0.15, 0.2) is 18.2 Å². The fraction of sp³-hybridized carbons (Fsp3) is 0.182. The fourth-order valence-corrected chi connectivity index (χ4v) is 1.26. The molecule has 0 atom stereocenters. The number of amides is 2. The lowest BCUT2D eigenvalue weighted by atomic mass is 10.1. The van der Waals surface area contributed by atoms with Crippen molar-refractivity contribution in [3.05, 3.63) is 29.6 Å². The summed E-state index contributed by atoms with van der Waals surface area (Å²) in [7, 11) is 0. The number of halogens is 1. The van der Waals surface area contributed by atoms with Crippen molar-refractivity contribution in [2.75, 3.05) is 11.9 Å². The number of nitrogens with one attached hydrogen (secondary N) is 2. The van der Waals surface area contributed by atoms with Gasteiger partial charge in [-0.1, -0.05) is 0 Å². The van der Waals surface area contributed by atoms with Gasteiger partial charge in [-0.3, -0.25) is 14.4 Å². The van der Waals surface area contributed by atoms with Crippen molar-refractivity contribution < 1.29 is 23.9 Å². The monoisotopic (exact) mass is 253 g/mol. The number of carbonyl (C=O) groups excluding carboxylic acids is 2. The molecule has 0 aliphatic rings. The average molecular weight is 253 g/mol. The fourth-order valence-electron chi connectivity index (χ4n) is 1.26. The smallest absolute Gasteiger partial charge is 0.322 e. The zero-order valence-corrected chi connectivity index (χ0v) is 9.49. The normalized spacial score (nSPS) is 9.67. The molecule has 0 aliphatic heterocycles. The topological polar surface area (TPSA) is 95.5 Å². The van der Waals surface area contributed by atoms with Crippen LogP contribution in [0, 0.1) is 5.82 Å². The van der Waals surface area contributed by atoms with E-state index in [1.54, 1.807) is 0 Å². The molecule has 2 amide bonds. The van der Waals surface area contributed by atoms with Crippen molar-refractivity contribution in [3.63, 3.8) is 0 Å². The Morgan fingerprint density at radius 1 is 1.33 bits per heavy atom. The number of hydrogen-bond acceptors (Lipinski definition) is 3. The van der Waals surface area contributed by atoms with Crippen LogP contribution in [-0.2, 0) is 9.59 Å². The van der Waals surface area contributed by atoms with Gasteiger partial charge in [-0.25, -0.2) is 4.39 Å². The molecule has 0 spiro atoms. The lowest BCUT2D eigenvalue weighted by molar-refractivity contribution is -0.135. The molecule has 0 aromatic heterocycles. The summed E-state index contributed by atoms with van der Waals surface area (Å²) in [4.78, 5) is 32.8. The third-order valence-corrected chi connectivity index (χ3v) is 1.94. The first-order valence-corrected chi connectivity index (χ1v) is 4.97. The molecule has 0 saturated carbocycles. The highest BCUT2D eigenvalue weighted by molar-refractivity contribution is 6.04. The van der Waals surface area contributed by atoms with Gasteiger partial charge in [0.05, 0.1) is 11.3 Å². The lowest BCUT2D eigenvalue weighted by Gasteiger charge is -2.09. The average Bonchev–Trinajstić information content (AvgIpc) is 2.25. The molecule has 1 aromatic carbocycles. The molecule has 0 bridgehead atoms. The van der Waals surface area contributed by atoms with Crippen LogP contribution in [0.5, 0.6) is 0 Å². The second-order valence-electron chi connectivity index (χ2n) is 3.45. The molecule has 3 N–H and O–H groups in total. The Bertz CT molecular complexity index is 502. The van der Waals surface area contributed by atoms with Gasteiger partial charge in [-0.2, -0.15) is 0 Å². The van der Waals surface area contributed by atoms with Crippen molar-refractivity contribution in [2.45, 2.75) is 6.92 Å². The van der Waals surface area contributed by atoms with E-state index in [1.807, 2.05) is 0 Å². The first-order chi connectivity index (χ1) is 8.40. The maximum Gasteiger partial charge on any atom is 0.322 e. The van der Waals surface area contributed by atoms with E-state index in [9.17, 15) is 18.8 Å². The zero-order chi connectivity index (χ0) is 13.7. The van der Waals surface area contributed by atoms with E-state index in [0.717, 1.165) is 18.2 Å². The van der Waals surface area contributed by atoms with Gasteiger partial charge in [-0.15, -0.1) is 0 Å². The summed E-state index contributed by atoms with van der Waals surface area (Å²) >= 11 is 0. The minimum Gasteiger partial charge on any atom is -0.480 e. The minimum atomic E-state index is -1.20. The van der Waals surface area contributed by atoms with E-state index in [2.05, 4.69) is 10.6 Å². The maximum absolute atomic E-state index is 13.0. The van der Waals surface area contributed by atoms with Crippen molar-refractivity contribution in [2.24, 2.45) is 0 Å². The third kappa shape index (κ3) is 3.85. The van der Waals surface area contributed by atoms with Crippen molar-refractivity contribution in [3.8, 4) is 0 Å². The molecule has 0 unspecified atom stereocenters. The molecule has 6 nitrogen and oxygen atoms in total. The van der Waals surface area contributed by atoms with Crippen LogP contribution in [0.3, 0.4) is 0 Å². The molecule has 1 rings (SSSR count). The highest BCUT2D eigenvalue weighted by atomic mass is 18.2.